The summed E-state index contributed by atoms with van der Waals surface area (Å²) in [6.07, 6.45) is 6.89. The molecule has 4 nitrogen and oxygen atoms in total. The first-order valence-corrected chi connectivity index (χ1v) is 6.46. The van der Waals surface area contributed by atoms with Crippen LogP contribution in [0.3, 0.4) is 0 Å². The van der Waals surface area contributed by atoms with Crippen LogP contribution in [0.25, 0.3) is 12.2 Å². The largest absolute Gasteiger partial charge is 0.270 e. The highest BCUT2D eigenvalue weighted by Gasteiger charge is 2.07. The minimum Gasteiger partial charge on any atom is -0.264 e. The first-order chi connectivity index (χ1) is 9.08. The van der Waals surface area contributed by atoms with Crippen molar-refractivity contribution in [3.8, 4) is 0 Å². The molecular formula is C13H8BrClN2O2. The summed E-state index contributed by atoms with van der Waals surface area (Å²) in [4.78, 5) is 14.2. The van der Waals surface area contributed by atoms with Crippen LogP contribution < -0.4 is 0 Å². The van der Waals surface area contributed by atoms with E-state index in [1.165, 1.54) is 12.1 Å². The fourth-order valence-electron chi connectivity index (χ4n) is 1.46. The number of rotatable bonds is 3. The lowest BCUT2D eigenvalue weighted by atomic mass is 10.1. The van der Waals surface area contributed by atoms with E-state index < -0.39 is 4.92 Å². The maximum atomic E-state index is 10.6. The quantitative estimate of drug-likeness (QED) is 0.607. The summed E-state index contributed by atoms with van der Waals surface area (Å²) in [6.45, 7) is 0. The minimum absolute atomic E-state index is 0.0448. The Hall–Kier alpha value is -1.72. The molecule has 2 aromatic rings. The van der Waals surface area contributed by atoms with Gasteiger partial charge in [0, 0.05) is 34.6 Å². The van der Waals surface area contributed by atoms with Crippen molar-refractivity contribution in [2.75, 3.05) is 0 Å². The van der Waals surface area contributed by atoms with E-state index >= 15 is 0 Å². The number of halogens is 2. The number of nitrogens with zero attached hydrogens (tertiary/aromatic N) is 2. The van der Waals surface area contributed by atoms with Crippen LogP contribution in [0, 0.1) is 10.1 Å². The summed E-state index contributed by atoms with van der Waals surface area (Å²) in [5.41, 5.74) is 1.66. The van der Waals surface area contributed by atoms with Crippen LogP contribution in [0.1, 0.15) is 11.1 Å². The normalized spacial score (nSPS) is 10.8. The van der Waals surface area contributed by atoms with Crippen molar-refractivity contribution in [3.05, 3.63) is 67.4 Å². The van der Waals surface area contributed by atoms with Crippen LogP contribution in [-0.2, 0) is 0 Å². The monoisotopic (exact) mass is 338 g/mol. The molecular weight excluding hydrogens is 332 g/mol. The van der Waals surface area contributed by atoms with Crippen LogP contribution in [0.4, 0.5) is 5.69 Å². The number of pyridine rings is 1. The maximum absolute atomic E-state index is 10.6. The van der Waals surface area contributed by atoms with Crippen molar-refractivity contribution < 1.29 is 4.92 Å². The topological polar surface area (TPSA) is 56.0 Å². The van der Waals surface area contributed by atoms with E-state index in [4.69, 9.17) is 11.6 Å². The predicted octanol–water partition coefficient (Wildman–Crippen LogP) is 4.58. The molecule has 0 fully saturated rings. The molecule has 96 valence electrons. The van der Waals surface area contributed by atoms with Gasteiger partial charge in [-0.05, 0) is 33.6 Å². The van der Waals surface area contributed by atoms with Crippen molar-refractivity contribution in [1.82, 2.24) is 4.98 Å². The lowest BCUT2D eigenvalue weighted by molar-refractivity contribution is -0.384. The lowest BCUT2D eigenvalue weighted by Crippen LogP contribution is -1.88. The number of hydrogen-bond acceptors (Lipinski definition) is 3. The Morgan fingerprint density at radius 1 is 1.26 bits per heavy atom. The summed E-state index contributed by atoms with van der Waals surface area (Å²) in [6, 6.07) is 6.29. The maximum Gasteiger partial charge on any atom is 0.270 e. The molecule has 0 bridgehead atoms. The van der Waals surface area contributed by atoms with Crippen LogP contribution >= 0.6 is 27.5 Å². The Bertz CT molecular complexity index is 659. The van der Waals surface area contributed by atoms with Crippen LogP contribution in [0.15, 0.2) is 41.1 Å². The Morgan fingerprint density at radius 3 is 2.63 bits per heavy atom. The zero-order chi connectivity index (χ0) is 13.8. The lowest BCUT2D eigenvalue weighted by Gasteiger charge is -1.99. The fraction of sp³-hybridized carbons (Fsp3) is 0. The molecule has 0 aliphatic carbocycles. The number of non-ortho nitro benzene ring substituents is 1. The zero-order valence-corrected chi connectivity index (χ0v) is 11.9. The van der Waals surface area contributed by atoms with Gasteiger partial charge in [-0.2, -0.15) is 0 Å². The van der Waals surface area contributed by atoms with Crippen molar-refractivity contribution in [2.24, 2.45) is 0 Å². The van der Waals surface area contributed by atoms with Gasteiger partial charge in [-0.15, -0.1) is 0 Å². The summed E-state index contributed by atoms with van der Waals surface area (Å²) >= 11 is 9.31. The Labute approximate surface area is 123 Å². The number of aromatic nitrogens is 1. The SMILES string of the molecule is O=[N+]([O-])c1ccc(/C=C\c2cnccc2Cl)c(Br)c1. The van der Waals surface area contributed by atoms with Crippen LogP contribution in [-0.4, -0.2) is 9.91 Å². The van der Waals surface area contributed by atoms with Gasteiger partial charge in [0.15, 0.2) is 0 Å². The molecule has 0 saturated heterocycles. The third kappa shape index (κ3) is 3.39. The second-order valence-corrected chi connectivity index (χ2v) is 4.95. The fourth-order valence-corrected chi connectivity index (χ4v) is 2.12. The zero-order valence-electron chi connectivity index (χ0n) is 9.59. The van der Waals surface area contributed by atoms with Gasteiger partial charge >= 0.3 is 0 Å². The summed E-state index contributed by atoms with van der Waals surface area (Å²) in [7, 11) is 0. The Balaban J connectivity index is 2.29. The molecule has 0 saturated carbocycles. The molecule has 1 aromatic heterocycles. The molecule has 2 rings (SSSR count). The van der Waals surface area contributed by atoms with Gasteiger partial charge in [0.05, 0.1) is 9.95 Å². The highest BCUT2D eigenvalue weighted by molar-refractivity contribution is 9.10. The summed E-state index contributed by atoms with van der Waals surface area (Å²) in [5, 5.41) is 11.2. The average molecular weight is 340 g/mol. The van der Waals surface area contributed by atoms with E-state index in [1.807, 2.05) is 6.08 Å². The van der Waals surface area contributed by atoms with E-state index in [9.17, 15) is 10.1 Å². The van der Waals surface area contributed by atoms with Crippen LogP contribution in [0.5, 0.6) is 0 Å². The predicted molar refractivity (Wildman–Crippen MR) is 79.0 cm³/mol. The van der Waals surface area contributed by atoms with Crippen molar-refractivity contribution >= 4 is 45.4 Å². The molecule has 6 heteroatoms. The van der Waals surface area contributed by atoms with E-state index in [2.05, 4.69) is 20.9 Å². The van der Waals surface area contributed by atoms with Crippen molar-refractivity contribution in [1.29, 1.82) is 0 Å². The van der Waals surface area contributed by atoms with Gasteiger partial charge < -0.3 is 0 Å². The molecule has 0 radical (unpaired) electrons. The molecule has 19 heavy (non-hydrogen) atoms. The Morgan fingerprint density at radius 2 is 2.00 bits per heavy atom. The second-order valence-electron chi connectivity index (χ2n) is 3.69. The third-order valence-electron chi connectivity index (χ3n) is 2.43. The van der Waals surface area contributed by atoms with E-state index in [0.29, 0.717) is 9.50 Å². The van der Waals surface area contributed by atoms with E-state index in [-0.39, 0.29) is 5.69 Å². The molecule has 0 atom stereocenters. The van der Waals surface area contributed by atoms with Gasteiger partial charge in [-0.25, -0.2) is 0 Å². The molecule has 0 aliphatic rings. The van der Waals surface area contributed by atoms with Crippen molar-refractivity contribution in [3.63, 3.8) is 0 Å². The number of nitro benzene ring substituents is 1. The first-order valence-electron chi connectivity index (χ1n) is 5.29. The summed E-state index contributed by atoms with van der Waals surface area (Å²) < 4.78 is 0.651. The third-order valence-corrected chi connectivity index (χ3v) is 3.46. The smallest absolute Gasteiger partial charge is 0.264 e. The standard InChI is InChI=1S/C13H8BrClN2O2/c14-12-7-11(17(18)19)4-3-9(12)1-2-10-8-16-6-5-13(10)15/h1-8H/b2-1-. The first kappa shape index (κ1) is 13.7. The number of nitro groups is 1. The van der Waals surface area contributed by atoms with Gasteiger partial charge in [0.25, 0.3) is 5.69 Å². The van der Waals surface area contributed by atoms with E-state index in [0.717, 1.165) is 11.1 Å². The molecule has 0 unspecified atom stereocenters. The molecule has 1 heterocycles. The molecule has 0 spiro atoms. The average Bonchev–Trinajstić information content (AvgIpc) is 2.39. The molecule has 0 amide bonds. The molecule has 1 aromatic carbocycles. The molecule has 0 N–H and O–H groups in total. The molecule has 0 aliphatic heterocycles. The van der Waals surface area contributed by atoms with Gasteiger partial charge in [-0.3, -0.25) is 15.1 Å². The van der Waals surface area contributed by atoms with E-state index in [1.54, 1.807) is 30.6 Å². The van der Waals surface area contributed by atoms with Gasteiger partial charge in [-0.1, -0.05) is 23.8 Å². The number of hydrogen-bond donors (Lipinski definition) is 0. The highest BCUT2D eigenvalue weighted by Crippen LogP contribution is 2.25. The number of benzene rings is 1. The van der Waals surface area contributed by atoms with Gasteiger partial charge in [0.1, 0.15) is 0 Å². The highest BCUT2D eigenvalue weighted by atomic mass is 79.9. The van der Waals surface area contributed by atoms with Crippen molar-refractivity contribution in [2.45, 2.75) is 0 Å². The Kier molecular flexibility index (Phi) is 4.29. The minimum atomic E-state index is -0.434. The second kappa shape index (κ2) is 5.95. The van der Waals surface area contributed by atoms with Crippen LogP contribution in [0.2, 0.25) is 5.02 Å². The van der Waals surface area contributed by atoms with Gasteiger partial charge in [0.2, 0.25) is 0 Å². The summed E-state index contributed by atoms with van der Waals surface area (Å²) in [5.74, 6) is 0.